The van der Waals surface area contributed by atoms with E-state index in [4.69, 9.17) is 14.6 Å². The topological polar surface area (TPSA) is 55.8 Å². The predicted octanol–water partition coefficient (Wildman–Crippen LogP) is 8.02. The SMILES string of the molecule is CCCCCc1ccc(-c2ccc(OC(=O)c3ccc(OCCCCCCCCO)cc3)cc2)cc1. The Hall–Kier alpha value is -3.11. The van der Waals surface area contributed by atoms with Gasteiger partial charge in [0.25, 0.3) is 0 Å². The van der Waals surface area contributed by atoms with E-state index in [1.54, 1.807) is 12.1 Å². The average molecular weight is 489 g/mol. The third kappa shape index (κ3) is 9.50. The summed E-state index contributed by atoms with van der Waals surface area (Å²) in [5, 5.41) is 8.79. The van der Waals surface area contributed by atoms with Crippen LogP contribution in [-0.2, 0) is 6.42 Å². The summed E-state index contributed by atoms with van der Waals surface area (Å²) < 4.78 is 11.3. The molecule has 4 nitrogen and oxygen atoms in total. The summed E-state index contributed by atoms with van der Waals surface area (Å²) in [5.74, 6) is 0.903. The number of ether oxygens (including phenoxy) is 2. The molecule has 0 fully saturated rings. The second kappa shape index (κ2) is 15.8. The number of unbranched alkanes of at least 4 members (excludes halogenated alkanes) is 7. The van der Waals surface area contributed by atoms with Gasteiger partial charge in [0.05, 0.1) is 12.2 Å². The lowest BCUT2D eigenvalue weighted by Gasteiger charge is -2.09. The molecule has 3 rings (SSSR count). The van der Waals surface area contributed by atoms with Crippen LogP contribution in [0, 0.1) is 0 Å². The van der Waals surface area contributed by atoms with E-state index in [9.17, 15) is 4.79 Å². The van der Waals surface area contributed by atoms with E-state index in [0.29, 0.717) is 17.9 Å². The Morgan fingerprint density at radius 2 is 1.25 bits per heavy atom. The Bertz CT molecular complexity index is 1010. The Balaban J connectivity index is 1.42. The number of esters is 1. The molecule has 3 aromatic carbocycles. The summed E-state index contributed by atoms with van der Waals surface area (Å²) in [6.07, 6.45) is 11.3. The largest absolute Gasteiger partial charge is 0.494 e. The van der Waals surface area contributed by atoms with Crippen LogP contribution in [0.2, 0.25) is 0 Å². The molecule has 1 N–H and O–H groups in total. The summed E-state index contributed by atoms with van der Waals surface area (Å²) >= 11 is 0. The van der Waals surface area contributed by atoms with Crippen LogP contribution in [-0.4, -0.2) is 24.3 Å². The number of hydrogen-bond donors (Lipinski definition) is 1. The van der Waals surface area contributed by atoms with Crippen molar-refractivity contribution in [3.8, 4) is 22.6 Å². The quantitative estimate of drug-likeness (QED) is 0.126. The van der Waals surface area contributed by atoms with Crippen LogP contribution in [0.1, 0.15) is 80.6 Å². The van der Waals surface area contributed by atoms with Crippen LogP contribution < -0.4 is 9.47 Å². The summed E-state index contributed by atoms with van der Waals surface area (Å²) in [5.41, 5.74) is 4.12. The number of benzene rings is 3. The molecule has 0 heterocycles. The normalized spacial score (nSPS) is 10.8. The first kappa shape index (κ1) is 27.5. The number of carbonyl (C=O) groups excluding carboxylic acids is 1. The number of aryl methyl sites for hydroxylation is 1. The van der Waals surface area contributed by atoms with Gasteiger partial charge < -0.3 is 14.6 Å². The zero-order valence-corrected chi connectivity index (χ0v) is 21.6. The summed E-state index contributed by atoms with van der Waals surface area (Å²) in [6, 6.07) is 23.5. The van der Waals surface area contributed by atoms with Crippen molar-refractivity contribution in [2.45, 2.75) is 71.1 Å². The van der Waals surface area contributed by atoms with E-state index in [0.717, 1.165) is 55.4 Å². The van der Waals surface area contributed by atoms with E-state index in [1.165, 1.54) is 31.2 Å². The van der Waals surface area contributed by atoms with Gasteiger partial charge in [-0.15, -0.1) is 0 Å². The van der Waals surface area contributed by atoms with Gasteiger partial charge in [-0.2, -0.15) is 0 Å². The minimum Gasteiger partial charge on any atom is -0.494 e. The fourth-order valence-corrected chi connectivity index (χ4v) is 4.12. The number of carbonyl (C=O) groups is 1. The van der Waals surface area contributed by atoms with Gasteiger partial charge in [-0.25, -0.2) is 4.79 Å². The van der Waals surface area contributed by atoms with Crippen molar-refractivity contribution in [3.05, 3.63) is 83.9 Å². The molecule has 0 saturated carbocycles. The zero-order chi connectivity index (χ0) is 25.4. The van der Waals surface area contributed by atoms with Gasteiger partial charge in [-0.1, -0.05) is 81.8 Å². The Kier molecular flexibility index (Phi) is 12.1. The van der Waals surface area contributed by atoms with Crippen LogP contribution in [0.4, 0.5) is 0 Å². The molecule has 0 radical (unpaired) electrons. The van der Waals surface area contributed by atoms with Crippen LogP contribution >= 0.6 is 0 Å². The maximum absolute atomic E-state index is 12.6. The molecule has 36 heavy (non-hydrogen) atoms. The van der Waals surface area contributed by atoms with E-state index in [-0.39, 0.29) is 12.6 Å². The molecular weight excluding hydrogens is 448 g/mol. The first-order valence-electron chi connectivity index (χ1n) is 13.4. The van der Waals surface area contributed by atoms with Crippen LogP contribution in [0.5, 0.6) is 11.5 Å². The Labute approximate surface area is 216 Å². The lowest BCUT2D eigenvalue weighted by atomic mass is 10.0. The smallest absolute Gasteiger partial charge is 0.343 e. The van der Waals surface area contributed by atoms with Gasteiger partial charge in [0.15, 0.2) is 0 Å². The van der Waals surface area contributed by atoms with Crippen molar-refractivity contribution in [2.24, 2.45) is 0 Å². The second-order valence-electron chi connectivity index (χ2n) is 9.29. The average Bonchev–Trinajstić information content (AvgIpc) is 2.91. The number of aliphatic hydroxyl groups is 1. The van der Waals surface area contributed by atoms with Gasteiger partial charge in [0.1, 0.15) is 11.5 Å². The monoisotopic (exact) mass is 488 g/mol. The molecule has 0 saturated heterocycles. The van der Waals surface area contributed by atoms with Gasteiger partial charge in [-0.05, 0) is 78.8 Å². The minimum atomic E-state index is -0.381. The maximum atomic E-state index is 12.6. The standard InChI is InChI=1S/C32H40O4/c1-2-3-8-11-26-12-14-27(15-13-26)28-16-22-31(23-17-28)36-32(34)29-18-20-30(21-19-29)35-25-10-7-5-4-6-9-24-33/h12-23,33H,2-11,24-25H2,1H3. The molecule has 0 spiro atoms. The van der Waals surface area contributed by atoms with Crippen molar-refractivity contribution in [3.63, 3.8) is 0 Å². The van der Waals surface area contributed by atoms with Crippen LogP contribution in [0.25, 0.3) is 11.1 Å². The number of rotatable bonds is 16. The van der Waals surface area contributed by atoms with Crippen molar-refractivity contribution in [2.75, 3.05) is 13.2 Å². The van der Waals surface area contributed by atoms with Gasteiger partial charge in [-0.3, -0.25) is 0 Å². The van der Waals surface area contributed by atoms with Gasteiger partial charge in [0, 0.05) is 6.61 Å². The number of hydrogen-bond acceptors (Lipinski definition) is 4. The molecular formula is C32H40O4. The molecule has 0 aromatic heterocycles. The number of aliphatic hydroxyl groups excluding tert-OH is 1. The van der Waals surface area contributed by atoms with Crippen molar-refractivity contribution < 1.29 is 19.4 Å². The second-order valence-corrected chi connectivity index (χ2v) is 9.29. The highest BCUT2D eigenvalue weighted by Gasteiger charge is 2.09. The molecule has 0 bridgehead atoms. The highest BCUT2D eigenvalue weighted by molar-refractivity contribution is 5.91. The lowest BCUT2D eigenvalue weighted by Crippen LogP contribution is -2.08. The molecule has 0 unspecified atom stereocenters. The fourth-order valence-electron chi connectivity index (χ4n) is 4.12. The van der Waals surface area contributed by atoms with E-state index in [1.807, 2.05) is 36.4 Å². The van der Waals surface area contributed by atoms with Crippen molar-refractivity contribution in [1.82, 2.24) is 0 Å². The van der Waals surface area contributed by atoms with Crippen molar-refractivity contribution >= 4 is 5.97 Å². The Morgan fingerprint density at radius 3 is 1.89 bits per heavy atom. The van der Waals surface area contributed by atoms with Crippen LogP contribution in [0.15, 0.2) is 72.8 Å². The molecule has 3 aromatic rings. The third-order valence-corrected chi connectivity index (χ3v) is 6.33. The summed E-state index contributed by atoms with van der Waals surface area (Å²) in [7, 11) is 0. The fraction of sp³-hybridized carbons (Fsp3) is 0.406. The van der Waals surface area contributed by atoms with E-state index < -0.39 is 0 Å². The first-order chi connectivity index (χ1) is 17.7. The maximum Gasteiger partial charge on any atom is 0.343 e. The Morgan fingerprint density at radius 1 is 0.667 bits per heavy atom. The highest BCUT2D eigenvalue weighted by atomic mass is 16.5. The minimum absolute atomic E-state index is 0.285. The van der Waals surface area contributed by atoms with Crippen LogP contribution in [0.3, 0.4) is 0 Å². The summed E-state index contributed by atoms with van der Waals surface area (Å²) in [6.45, 7) is 3.17. The first-order valence-corrected chi connectivity index (χ1v) is 13.4. The highest BCUT2D eigenvalue weighted by Crippen LogP contribution is 2.24. The molecule has 0 aliphatic heterocycles. The molecule has 0 amide bonds. The van der Waals surface area contributed by atoms with E-state index in [2.05, 4.69) is 31.2 Å². The van der Waals surface area contributed by atoms with E-state index >= 15 is 0 Å². The predicted molar refractivity (Wildman–Crippen MR) is 147 cm³/mol. The molecule has 0 aliphatic carbocycles. The third-order valence-electron chi connectivity index (χ3n) is 6.33. The van der Waals surface area contributed by atoms with Gasteiger partial charge >= 0.3 is 5.97 Å². The molecule has 192 valence electrons. The van der Waals surface area contributed by atoms with Gasteiger partial charge in [0.2, 0.25) is 0 Å². The lowest BCUT2D eigenvalue weighted by molar-refractivity contribution is 0.0734. The summed E-state index contributed by atoms with van der Waals surface area (Å²) in [4.78, 5) is 12.6. The molecule has 4 heteroatoms. The zero-order valence-electron chi connectivity index (χ0n) is 21.6. The van der Waals surface area contributed by atoms with Crippen molar-refractivity contribution in [1.29, 1.82) is 0 Å². The molecule has 0 aliphatic rings. The molecule has 0 atom stereocenters.